The van der Waals surface area contributed by atoms with E-state index in [9.17, 15) is 0 Å². The van der Waals surface area contributed by atoms with Crippen LogP contribution in [0, 0.1) is 5.92 Å². The van der Waals surface area contributed by atoms with Gasteiger partial charge in [0.15, 0.2) is 0 Å². The molecule has 1 heterocycles. The van der Waals surface area contributed by atoms with Gasteiger partial charge < -0.3 is 9.88 Å². The number of benzene rings is 1. The summed E-state index contributed by atoms with van der Waals surface area (Å²) in [5.41, 5.74) is 2.78. The number of rotatable bonds is 7. The number of nitrogens with zero attached hydrogens (tertiary/aromatic N) is 1. The van der Waals surface area contributed by atoms with Crippen molar-refractivity contribution in [1.29, 1.82) is 0 Å². The van der Waals surface area contributed by atoms with Crippen LogP contribution >= 0.6 is 0 Å². The fourth-order valence-electron chi connectivity index (χ4n) is 2.99. The SMILES string of the molecule is CCCC(C)Cn1ccc2cc(CNC3CC3)ccc21. The maximum absolute atomic E-state index is 3.59. The van der Waals surface area contributed by atoms with Crippen molar-refractivity contribution in [3.8, 4) is 0 Å². The molecule has 1 atom stereocenters. The molecular weight excluding hydrogens is 244 g/mol. The predicted molar refractivity (Wildman–Crippen MR) is 85.9 cm³/mol. The first kappa shape index (κ1) is 13.7. The third kappa shape index (κ3) is 3.24. The van der Waals surface area contributed by atoms with Crippen molar-refractivity contribution in [3.05, 3.63) is 36.0 Å². The Kier molecular flexibility index (Phi) is 4.11. The zero-order valence-corrected chi connectivity index (χ0v) is 12.7. The molecule has 2 aromatic rings. The molecular formula is C18H26N2. The van der Waals surface area contributed by atoms with Crippen LogP contribution in [0.4, 0.5) is 0 Å². The first-order chi connectivity index (χ1) is 9.76. The quantitative estimate of drug-likeness (QED) is 0.792. The monoisotopic (exact) mass is 270 g/mol. The Hall–Kier alpha value is -1.28. The van der Waals surface area contributed by atoms with E-state index in [0.717, 1.165) is 25.0 Å². The number of hydrogen-bond acceptors (Lipinski definition) is 1. The minimum atomic E-state index is 0.756. The maximum atomic E-state index is 3.59. The van der Waals surface area contributed by atoms with Gasteiger partial charge in [-0.25, -0.2) is 0 Å². The Morgan fingerprint density at radius 1 is 1.30 bits per heavy atom. The van der Waals surface area contributed by atoms with Crippen molar-refractivity contribution in [1.82, 2.24) is 9.88 Å². The van der Waals surface area contributed by atoms with Crippen molar-refractivity contribution < 1.29 is 0 Å². The molecule has 0 amide bonds. The predicted octanol–water partition coefficient (Wildman–Crippen LogP) is 4.33. The molecule has 1 aromatic heterocycles. The minimum absolute atomic E-state index is 0.756. The summed E-state index contributed by atoms with van der Waals surface area (Å²) >= 11 is 0. The molecule has 1 fully saturated rings. The molecule has 3 rings (SSSR count). The van der Waals surface area contributed by atoms with E-state index in [0.29, 0.717) is 0 Å². The lowest BCUT2D eigenvalue weighted by atomic mass is 10.1. The molecule has 0 bridgehead atoms. The molecule has 108 valence electrons. The molecule has 2 nitrogen and oxygen atoms in total. The number of hydrogen-bond donors (Lipinski definition) is 1. The van der Waals surface area contributed by atoms with Gasteiger partial charge in [0.25, 0.3) is 0 Å². The van der Waals surface area contributed by atoms with Crippen molar-refractivity contribution in [3.63, 3.8) is 0 Å². The Bertz CT molecular complexity index is 566. The molecule has 1 unspecified atom stereocenters. The van der Waals surface area contributed by atoms with Crippen molar-refractivity contribution >= 4 is 10.9 Å². The molecule has 0 radical (unpaired) electrons. The van der Waals surface area contributed by atoms with Crippen molar-refractivity contribution in [2.45, 2.75) is 58.7 Å². The van der Waals surface area contributed by atoms with E-state index in [1.54, 1.807) is 0 Å². The summed E-state index contributed by atoms with van der Waals surface area (Å²) in [6.07, 6.45) is 7.54. The van der Waals surface area contributed by atoms with Gasteiger partial charge in [-0.2, -0.15) is 0 Å². The van der Waals surface area contributed by atoms with Gasteiger partial charge in [-0.15, -0.1) is 0 Å². The third-order valence-corrected chi connectivity index (χ3v) is 4.30. The first-order valence-electron chi connectivity index (χ1n) is 8.07. The molecule has 1 aliphatic rings. The van der Waals surface area contributed by atoms with Crippen LogP contribution in [-0.4, -0.2) is 10.6 Å². The Morgan fingerprint density at radius 2 is 2.15 bits per heavy atom. The van der Waals surface area contributed by atoms with E-state index in [1.807, 2.05) is 0 Å². The van der Waals surface area contributed by atoms with Crippen LogP contribution in [0.15, 0.2) is 30.5 Å². The van der Waals surface area contributed by atoms with E-state index >= 15 is 0 Å². The van der Waals surface area contributed by atoms with E-state index < -0.39 is 0 Å². The van der Waals surface area contributed by atoms with Crippen molar-refractivity contribution in [2.75, 3.05) is 0 Å². The topological polar surface area (TPSA) is 17.0 Å². The largest absolute Gasteiger partial charge is 0.347 e. The summed E-state index contributed by atoms with van der Waals surface area (Å²) in [5, 5.41) is 4.97. The first-order valence-corrected chi connectivity index (χ1v) is 8.07. The van der Waals surface area contributed by atoms with Gasteiger partial charge >= 0.3 is 0 Å². The van der Waals surface area contributed by atoms with Gasteiger partial charge in [-0.05, 0) is 54.3 Å². The Morgan fingerprint density at radius 3 is 2.90 bits per heavy atom. The van der Waals surface area contributed by atoms with Crippen LogP contribution in [-0.2, 0) is 13.1 Å². The summed E-state index contributed by atoms with van der Waals surface area (Å²) < 4.78 is 2.41. The van der Waals surface area contributed by atoms with Gasteiger partial charge in [-0.3, -0.25) is 0 Å². The molecule has 1 saturated carbocycles. The summed E-state index contributed by atoms with van der Waals surface area (Å²) in [5.74, 6) is 0.756. The van der Waals surface area contributed by atoms with Gasteiger partial charge in [0, 0.05) is 30.8 Å². The fraction of sp³-hybridized carbons (Fsp3) is 0.556. The zero-order chi connectivity index (χ0) is 13.9. The highest BCUT2D eigenvalue weighted by atomic mass is 15.0. The van der Waals surface area contributed by atoms with E-state index in [1.165, 1.54) is 42.1 Å². The summed E-state index contributed by atoms with van der Waals surface area (Å²) in [6.45, 7) is 6.77. The smallest absolute Gasteiger partial charge is 0.0480 e. The standard InChI is InChI=1S/C18H26N2/c1-3-4-14(2)13-20-10-9-16-11-15(5-8-18(16)20)12-19-17-6-7-17/h5,8-11,14,17,19H,3-4,6-7,12-13H2,1-2H3. The fourth-order valence-corrected chi connectivity index (χ4v) is 2.99. The maximum Gasteiger partial charge on any atom is 0.0480 e. The van der Waals surface area contributed by atoms with Gasteiger partial charge in [0.2, 0.25) is 0 Å². The number of nitrogens with one attached hydrogen (secondary N) is 1. The lowest BCUT2D eigenvalue weighted by molar-refractivity contribution is 0.453. The molecule has 1 aliphatic carbocycles. The van der Waals surface area contributed by atoms with E-state index in [-0.39, 0.29) is 0 Å². The summed E-state index contributed by atoms with van der Waals surface area (Å²) in [4.78, 5) is 0. The highest BCUT2D eigenvalue weighted by Gasteiger charge is 2.19. The highest BCUT2D eigenvalue weighted by molar-refractivity contribution is 5.80. The average molecular weight is 270 g/mol. The van der Waals surface area contributed by atoms with Gasteiger partial charge in [0.05, 0.1) is 0 Å². The molecule has 2 heteroatoms. The Labute approximate surface area is 122 Å². The third-order valence-electron chi connectivity index (χ3n) is 4.30. The highest BCUT2D eigenvalue weighted by Crippen LogP contribution is 2.22. The second kappa shape index (κ2) is 6.01. The average Bonchev–Trinajstić information content (AvgIpc) is 3.19. The molecule has 1 N–H and O–H groups in total. The molecule has 1 aromatic carbocycles. The molecule has 20 heavy (non-hydrogen) atoms. The van der Waals surface area contributed by atoms with Crippen LogP contribution < -0.4 is 5.32 Å². The number of fused-ring (bicyclic) bond motifs is 1. The second-order valence-electron chi connectivity index (χ2n) is 6.41. The van der Waals surface area contributed by atoms with E-state index in [4.69, 9.17) is 0 Å². The zero-order valence-electron chi connectivity index (χ0n) is 12.7. The van der Waals surface area contributed by atoms with Crippen molar-refractivity contribution in [2.24, 2.45) is 5.92 Å². The summed E-state index contributed by atoms with van der Waals surface area (Å²) in [6, 6.07) is 9.95. The number of aromatic nitrogens is 1. The van der Waals surface area contributed by atoms with Crippen LogP contribution in [0.25, 0.3) is 10.9 Å². The van der Waals surface area contributed by atoms with Crippen LogP contribution in [0.3, 0.4) is 0 Å². The van der Waals surface area contributed by atoms with E-state index in [2.05, 4.69) is 54.2 Å². The van der Waals surface area contributed by atoms with Gasteiger partial charge in [-0.1, -0.05) is 26.3 Å². The van der Waals surface area contributed by atoms with Crippen LogP contribution in [0.5, 0.6) is 0 Å². The van der Waals surface area contributed by atoms with Crippen LogP contribution in [0.2, 0.25) is 0 Å². The normalized spacial score (nSPS) is 16.7. The lowest BCUT2D eigenvalue weighted by Crippen LogP contribution is -2.15. The molecule has 0 saturated heterocycles. The molecule has 0 aliphatic heterocycles. The minimum Gasteiger partial charge on any atom is -0.347 e. The van der Waals surface area contributed by atoms with Gasteiger partial charge in [0.1, 0.15) is 0 Å². The lowest BCUT2D eigenvalue weighted by Gasteiger charge is -2.12. The summed E-state index contributed by atoms with van der Waals surface area (Å²) in [7, 11) is 0. The molecule has 0 spiro atoms. The van der Waals surface area contributed by atoms with Crippen LogP contribution in [0.1, 0.15) is 45.1 Å². The Balaban J connectivity index is 1.71. The second-order valence-corrected chi connectivity index (χ2v) is 6.41.